The molecule has 1 unspecified atom stereocenters. The second-order valence-corrected chi connectivity index (χ2v) is 6.71. The van der Waals surface area contributed by atoms with Gasteiger partial charge in [0.05, 0.1) is 10.3 Å². The van der Waals surface area contributed by atoms with E-state index < -0.39 is 23.5 Å². The molecule has 9 heteroatoms. The van der Waals surface area contributed by atoms with E-state index in [1.54, 1.807) is 32.2 Å². The van der Waals surface area contributed by atoms with E-state index >= 15 is 0 Å². The Labute approximate surface area is 151 Å². The molecule has 0 saturated heterocycles. The van der Waals surface area contributed by atoms with Crippen LogP contribution in [0.3, 0.4) is 0 Å². The second-order valence-electron chi connectivity index (χ2n) is 5.72. The number of aromatic nitrogens is 3. The largest absolute Gasteiger partial charge is 0.480 e. The molecular formula is C17H16N4O4S. The minimum Gasteiger partial charge on any atom is -0.480 e. The van der Waals surface area contributed by atoms with E-state index in [9.17, 15) is 19.5 Å². The molecule has 3 heterocycles. The first kappa shape index (κ1) is 17.7. The van der Waals surface area contributed by atoms with Gasteiger partial charge in [-0.15, -0.1) is 11.3 Å². The predicted octanol–water partition coefficient (Wildman–Crippen LogP) is 1.96. The molecule has 0 spiro atoms. The van der Waals surface area contributed by atoms with Crippen molar-refractivity contribution in [2.75, 3.05) is 0 Å². The van der Waals surface area contributed by atoms with Crippen molar-refractivity contribution in [2.45, 2.75) is 26.3 Å². The van der Waals surface area contributed by atoms with Gasteiger partial charge in [-0.05, 0) is 31.0 Å². The molecule has 0 fully saturated rings. The highest BCUT2D eigenvalue weighted by atomic mass is 32.1. The van der Waals surface area contributed by atoms with E-state index in [0.717, 1.165) is 15.9 Å². The average Bonchev–Trinajstić information content (AvgIpc) is 2.95. The van der Waals surface area contributed by atoms with Crippen molar-refractivity contribution in [2.24, 2.45) is 5.73 Å². The number of hydrogen-bond donors (Lipinski definition) is 2. The molecule has 1 amide bonds. The number of carboxylic acids is 1. The number of hydrogen-bond acceptors (Lipinski definition) is 6. The third-order valence-electron chi connectivity index (χ3n) is 4.12. The molecular weight excluding hydrogens is 356 g/mol. The van der Waals surface area contributed by atoms with Crippen LogP contribution in [0.5, 0.6) is 0 Å². The molecule has 0 aliphatic rings. The van der Waals surface area contributed by atoms with Gasteiger partial charge in [0, 0.05) is 18.0 Å². The third kappa shape index (κ3) is 2.76. The number of carboxylic acid groups (broad SMARTS) is 1. The zero-order valence-corrected chi connectivity index (χ0v) is 14.9. The van der Waals surface area contributed by atoms with Crippen molar-refractivity contribution in [1.29, 1.82) is 0 Å². The molecule has 3 N–H and O–H groups in total. The topological polar surface area (TPSA) is 128 Å². The van der Waals surface area contributed by atoms with Crippen molar-refractivity contribution >= 4 is 33.4 Å². The van der Waals surface area contributed by atoms with E-state index in [-0.39, 0.29) is 22.5 Å². The standard InChI is InChI=1S/C17H16N4O4S/c1-3-10(17(24)25)21-14(9-5-4-6-19-7-9)20-15-11(16(21)23)8(2)12(26-15)13(18)22/h4-7,10H,3H2,1-2H3,(H2,18,22)(H,24,25). The summed E-state index contributed by atoms with van der Waals surface area (Å²) < 4.78 is 1.16. The number of thiophene rings is 1. The summed E-state index contributed by atoms with van der Waals surface area (Å²) >= 11 is 1.02. The van der Waals surface area contributed by atoms with Gasteiger partial charge in [-0.1, -0.05) is 6.92 Å². The molecule has 0 saturated carbocycles. The van der Waals surface area contributed by atoms with Crippen molar-refractivity contribution < 1.29 is 14.7 Å². The fourth-order valence-electron chi connectivity index (χ4n) is 2.89. The monoisotopic (exact) mass is 372 g/mol. The molecule has 0 aliphatic carbocycles. The summed E-state index contributed by atoms with van der Waals surface area (Å²) in [4.78, 5) is 45.6. The number of rotatable bonds is 5. The number of amides is 1. The van der Waals surface area contributed by atoms with Crippen LogP contribution in [-0.2, 0) is 4.79 Å². The van der Waals surface area contributed by atoms with E-state index in [4.69, 9.17) is 5.73 Å². The van der Waals surface area contributed by atoms with Crippen LogP contribution in [-0.4, -0.2) is 31.5 Å². The third-order valence-corrected chi connectivity index (χ3v) is 5.32. The van der Waals surface area contributed by atoms with Crippen LogP contribution in [0.1, 0.15) is 34.6 Å². The van der Waals surface area contributed by atoms with Gasteiger partial charge in [-0.3, -0.25) is 19.1 Å². The Kier molecular flexibility index (Phi) is 4.56. The van der Waals surface area contributed by atoms with Gasteiger partial charge in [-0.2, -0.15) is 0 Å². The number of nitrogens with two attached hydrogens (primary N) is 1. The number of carbonyl (C=O) groups is 2. The van der Waals surface area contributed by atoms with Gasteiger partial charge in [0.25, 0.3) is 11.5 Å². The van der Waals surface area contributed by atoms with Crippen molar-refractivity contribution in [3.63, 3.8) is 0 Å². The summed E-state index contributed by atoms with van der Waals surface area (Å²) in [5.74, 6) is -1.59. The second kappa shape index (κ2) is 6.68. The Hall–Kier alpha value is -3.07. The summed E-state index contributed by atoms with van der Waals surface area (Å²) in [6.45, 7) is 3.29. The Bertz CT molecular complexity index is 1070. The summed E-state index contributed by atoms with van der Waals surface area (Å²) in [5, 5.41) is 9.80. The summed E-state index contributed by atoms with van der Waals surface area (Å²) in [6, 6.07) is 2.28. The van der Waals surface area contributed by atoms with Crippen LogP contribution in [0.25, 0.3) is 21.6 Å². The van der Waals surface area contributed by atoms with Gasteiger partial charge in [0.15, 0.2) is 0 Å². The Morgan fingerprint density at radius 2 is 2.15 bits per heavy atom. The lowest BCUT2D eigenvalue weighted by atomic mass is 10.1. The zero-order valence-electron chi connectivity index (χ0n) is 14.1. The molecule has 3 rings (SSSR count). The number of primary amides is 1. The van der Waals surface area contributed by atoms with Crippen molar-refractivity contribution in [3.05, 3.63) is 45.3 Å². The highest BCUT2D eigenvalue weighted by Gasteiger charge is 2.27. The van der Waals surface area contributed by atoms with Crippen LogP contribution in [0.2, 0.25) is 0 Å². The average molecular weight is 372 g/mol. The molecule has 3 aromatic heterocycles. The van der Waals surface area contributed by atoms with Crippen molar-refractivity contribution in [3.8, 4) is 11.4 Å². The molecule has 0 bridgehead atoms. The Morgan fingerprint density at radius 1 is 1.42 bits per heavy atom. The van der Waals surface area contributed by atoms with Gasteiger partial charge < -0.3 is 10.8 Å². The molecule has 0 aliphatic heterocycles. The maximum atomic E-state index is 13.2. The number of nitrogens with zero attached hydrogens (tertiary/aromatic N) is 3. The van der Waals surface area contributed by atoms with Crippen LogP contribution in [0.4, 0.5) is 0 Å². The SMILES string of the molecule is CCC(C(=O)O)n1c(-c2cccnc2)nc2sc(C(N)=O)c(C)c2c1=O. The molecule has 0 radical (unpaired) electrons. The van der Waals surface area contributed by atoms with Crippen LogP contribution in [0, 0.1) is 6.92 Å². The molecule has 0 aromatic carbocycles. The highest BCUT2D eigenvalue weighted by Crippen LogP contribution is 2.30. The Morgan fingerprint density at radius 3 is 2.69 bits per heavy atom. The van der Waals surface area contributed by atoms with E-state index in [0.29, 0.717) is 16.0 Å². The number of pyridine rings is 1. The maximum Gasteiger partial charge on any atom is 0.326 e. The number of aliphatic carboxylic acids is 1. The van der Waals surface area contributed by atoms with E-state index in [1.807, 2.05) is 0 Å². The van der Waals surface area contributed by atoms with Crippen LogP contribution >= 0.6 is 11.3 Å². The number of carbonyl (C=O) groups excluding carboxylic acids is 1. The molecule has 1 atom stereocenters. The highest BCUT2D eigenvalue weighted by molar-refractivity contribution is 7.20. The molecule has 8 nitrogen and oxygen atoms in total. The Balaban J connectivity index is 2.46. The zero-order chi connectivity index (χ0) is 19.0. The number of aryl methyl sites for hydroxylation is 1. The summed E-state index contributed by atoms with van der Waals surface area (Å²) in [6.07, 6.45) is 3.27. The maximum absolute atomic E-state index is 13.2. The smallest absolute Gasteiger partial charge is 0.326 e. The summed E-state index contributed by atoms with van der Waals surface area (Å²) in [7, 11) is 0. The van der Waals surface area contributed by atoms with Crippen molar-refractivity contribution in [1.82, 2.24) is 14.5 Å². The fourth-order valence-corrected chi connectivity index (χ4v) is 3.91. The fraction of sp³-hybridized carbons (Fsp3) is 0.235. The van der Waals surface area contributed by atoms with Gasteiger partial charge in [0.1, 0.15) is 16.7 Å². The van der Waals surface area contributed by atoms with E-state index in [2.05, 4.69) is 9.97 Å². The van der Waals surface area contributed by atoms with Gasteiger partial charge in [-0.25, -0.2) is 9.78 Å². The first-order valence-electron chi connectivity index (χ1n) is 7.85. The quantitative estimate of drug-likeness (QED) is 0.704. The first-order chi connectivity index (χ1) is 12.4. The van der Waals surface area contributed by atoms with Gasteiger partial charge >= 0.3 is 5.97 Å². The minimum atomic E-state index is -1.14. The molecule has 134 valence electrons. The lowest BCUT2D eigenvalue weighted by molar-refractivity contribution is -0.141. The van der Waals surface area contributed by atoms with Crippen LogP contribution < -0.4 is 11.3 Å². The van der Waals surface area contributed by atoms with Gasteiger partial charge in [0.2, 0.25) is 0 Å². The predicted molar refractivity (Wildman–Crippen MR) is 97.3 cm³/mol. The summed E-state index contributed by atoms with van der Waals surface area (Å²) in [5.41, 5.74) is 5.80. The first-order valence-corrected chi connectivity index (χ1v) is 8.67. The normalized spacial score (nSPS) is 12.2. The minimum absolute atomic E-state index is 0.196. The molecule has 3 aromatic rings. The lowest BCUT2D eigenvalue weighted by Gasteiger charge is -2.18. The van der Waals surface area contributed by atoms with Crippen LogP contribution in [0.15, 0.2) is 29.3 Å². The van der Waals surface area contributed by atoms with E-state index in [1.165, 1.54) is 6.20 Å². The molecule has 26 heavy (non-hydrogen) atoms. The number of fused-ring (bicyclic) bond motifs is 1. The lowest BCUT2D eigenvalue weighted by Crippen LogP contribution is -2.31.